The number of hydrogen-bond donors (Lipinski definition) is 1. The Balaban J connectivity index is 1.39. The van der Waals surface area contributed by atoms with Gasteiger partial charge in [-0.25, -0.2) is 0 Å². The van der Waals surface area contributed by atoms with Gasteiger partial charge in [0.15, 0.2) is 11.5 Å². The number of nitrogens with zero attached hydrogens (tertiary/aromatic N) is 1. The smallest absolute Gasteiger partial charge is 0.248 e. The van der Waals surface area contributed by atoms with E-state index in [2.05, 4.69) is 10.2 Å². The van der Waals surface area contributed by atoms with Gasteiger partial charge in [0.2, 0.25) is 5.91 Å². The van der Waals surface area contributed by atoms with E-state index in [0.717, 1.165) is 23.4 Å². The molecule has 0 bridgehead atoms. The quantitative estimate of drug-likeness (QED) is 0.368. The number of rotatable bonds is 12. The van der Waals surface area contributed by atoms with Gasteiger partial charge >= 0.3 is 0 Å². The Hall–Kier alpha value is -2.79. The fraction of sp³-hybridized carbons (Fsp3) is 0.423. The molecule has 1 aliphatic heterocycles. The van der Waals surface area contributed by atoms with Crippen molar-refractivity contribution in [3.05, 3.63) is 60.2 Å². The van der Waals surface area contributed by atoms with Crippen LogP contribution in [0, 0.1) is 0 Å². The number of para-hydroxylation sites is 1. The van der Waals surface area contributed by atoms with Crippen LogP contribution in [0.15, 0.2) is 54.6 Å². The van der Waals surface area contributed by atoms with Crippen LogP contribution >= 0.6 is 0 Å². The van der Waals surface area contributed by atoms with Gasteiger partial charge in [-0.1, -0.05) is 37.1 Å². The zero-order chi connectivity index (χ0) is 21.7. The standard InChI is InChI=1S/C26H34N2O3/c1-30-25-21-22(14-16-26(29)27-23-11-5-4-6-12-23)13-15-24(25)31-20-10-3-2-7-17-28-18-8-9-19-28/h4-6,11-16,21H,2-3,7-10,17-20H2,1H3,(H,27,29)/b16-14+. The molecule has 31 heavy (non-hydrogen) atoms. The van der Waals surface area contributed by atoms with Gasteiger partial charge in [0.25, 0.3) is 0 Å². The van der Waals surface area contributed by atoms with E-state index in [1.54, 1.807) is 13.2 Å². The molecule has 2 aromatic carbocycles. The van der Waals surface area contributed by atoms with E-state index in [9.17, 15) is 4.79 Å². The molecular weight excluding hydrogens is 388 g/mol. The van der Waals surface area contributed by atoms with E-state index in [0.29, 0.717) is 12.4 Å². The third kappa shape index (κ3) is 8.10. The summed E-state index contributed by atoms with van der Waals surface area (Å²) in [6, 6.07) is 15.1. The highest BCUT2D eigenvalue weighted by molar-refractivity contribution is 6.01. The minimum atomic E-state index is -0.171. The fourth-order valence-corrected chi connectivity index (χ4v) is 3.76. The molecule has 1 aliphatic rings. The second-order valence-electron chi connectivity index (χ2n) is 7.91. The summed E-state index contributed by atoms with van der Waals surface area (Å²) in [6.07, 6.45) is 10.8. The molecule has 0 unspecified atom stereocenters. The number of benzene rings is 2. The van der Waals surface area contributed by atoms with E-state index in [1.165, 1.54) is 57.8 Å². The minimum absolute atomic E-state index is 0.171. The number of ether oxygens (including phenoxy) is 2. The monoisotopic (exact) mass is 422 g/mol. The Kier molecular flexibility index (Phi) is 9.45. The molecule has 2 aromatic rings. The van der Waals surface area contributed by atoms with Gasteiger partial charge in [0, 0.05) is 11.8 Å². The highest BCUT2D eigenvalue weighted by Gasteiger charge is 2.10. The maximum absolute atomic E-state index is 12.1. The highest BCUT2D eigenvalue weighted by Crippen LogP contribution is 2.29. The number of anilines is 1. The first kappa shape index (κ1) is 22.9. The van der Waals surface area contributed by atoms with Crippen molar-refractivity contribution in [2.24, 2.45) is 0 Å². The zero-order valence-electron chi connectivity index (χ0n) is 18.5. The summed E-state index contributed by atoms with van der Waals surface area (Å²) in [4.78, 5) is 14.6. The Labute approximate surface area is 186 Å². The minimum Gasteiger partial charge on any atom is -0.493 e. The van der Waals surface area contributed by atoms with Crippen LogP contribution < -0.4 is 14.8 Å². The van der Waals surface area contributed by atoms with E-state index < -0.39 is 0 Å². The highest BCUT2D eigenvalue weighted by atomic mass is 16.5. The summed E-state index contributed by atoms with van der Waals surface area (Å²) in [5, 5.41) is 2.83. The van der Waals surface area contributed by atoms with E-state index in [4.69, 9.17) is 9.47 Å². The van der Waals surface area contributed by atoms with Gasteiger partial charge < -0.3 is 19.7 Å². The van der Waals surface area contributed by atoms with Crippen molar-refractivity contribution in [2.45, 2.75) is 38.5 Å². The molecule has 5 heteroatoms. The van der Waals surface area contributed by atoms with Gasteiger partial charge in [-0.05, 0) is 81.2 Å². The largest absolute Gasteiger partial charge is 0.493 e. The summed E-state index contributed by atoms with van der Waals surface area (Å²) >= 11 is 0. The summed E-state index contributed by atoms with van der Waals surface area (Å²) in [5.41, 5.74) is 1.66. The third-order valence-corrected chi connectivity index (χ3v) is 5.48. The molecule has 1 heterocycles. The number of hydrogen-bond acceptors (Lipinski definition) is 4. The molecule has 1 saturated heterocycles. The number of carbonyl (C=O) groups excluding carboxylic acids is 1. The third-order valence-electron chi connectivity index (χ3n) is 5.48. The Morgan fingerprint density at radius 3 is 2.55 bits per heavy atom. The molecule has 5 nitrogen and oxygen atoms in total. The topological polar surface area (TPSA) is 50.8 Å². The molecule has 0 atom stereocenters. The van der Waals surface area contributed by atoms with Gasteiger partial charge in [0.1, 0.15) is 0 Å². The first-order valence-corrected chi connectivity index (χ1v) is 11.3. The lowest BCUT2D eigenvalue weighted by Crippen LogP contribution is -2.20. The number of nitrogens with one attached hydrogen (secondary N) is 1. The molecule has 0 aliphatic carbocycles. The van der Waals surface area contributed by atoms with Crippen LogP contribution in [0.1, 0.15) is 44.1 Å². The number of methoxy groups -OCH3 is 1. The van der Waals surface area contributed by atoms with Crippen LogP contribution in [0.3, 0.4) is 0 Å². The molecular formula is C26H34N2O3. The molecule has 0 spiro atoms. The second kappa shape index (κ2) is 12.8. The molecule has 1 N–H and O–H groups in total. The molecule has 1 amide bonds. The average Bonchev–Trinajstić information content (AvgIpc) is 3.31. The Bertz CT molecular complexity index is 830. The van der Waals surface area contributed by atoms with Crippen molar-refractivity contribution in [1.82, 2.24) is 4.90 Å². The summed E-state index contributed by atoms with van der Waals surface area (Å²) < 4.78 is 11.4. The molecule has 1 fully saturated rings. The van der Waals surface area contributed by atoms with Crippen LogP contribution in [0.5, 0.6) is 11.5 Å². The van der Waals surface area contributed by atoms with Gasteiger partial charge in [-0.3, -0.25) is 4.79 Å². The first-order valence-electron chi connectivity index (χ1n) is 11.3. The van der Waals surface area contributed by atoms with E-state index >= 15 is 0 Å². The lowest BCUT2D eigenvalue weighted by Gasteiger charge is -2.14. The lowest BCUT2D eigenvalue weighted by atomic mass is 10.1. The van der Waals surface area contributed by atoms with E-state index in [1.807, 2.05) is 48.5 Å². The van der Waals surface area contributed by atoms with Crippen LogP contribution in [0.25, 0.3) is 6.08 Å². The van der Waals surface area contributed by atoms with Crippen LogP contribution in [-0.4, -0.2) is 44.2 Å². The van der Waals surface area contributed by atoms with Crippen molar-refractivity contribution in [3.8, 4) is 11.5 Å². The van der Waals surface area contributed by atoms with Crippen molar-refractivity contribution in [1.29, 1.82) is 0 Å². The van der Waals surface area contributed by atoms with Crippen molar-refractivity contribution in [3.63, 3.8) is 0 Å². The van der Waals surface area contributed by atoms with Crippen molar-refractivity contribution in [2.75, 3.05) is 38.7 Å². The van der Waals surface area contributed by atoms with Gasteiger partial charge in [-0.2, -0.15) is 0 Å². The average molecular weight is 423 g/mol. The van der Waals surface area contributed by atoms with E-state index in [-0.39, 0.29) is 5.91 Å². The predicted octanol–water partition coefficient (Wildman–Crippen LogP) is 5.38. The normalized spacial score (nSPS) is 14.1. The van der Waals surface area contributed by atoms with Gasteiger partial charge in [0.05, 0.1) is 13.7 Å². The summed E-state index contributed by atoms with van der Waals surface area (Å²) in [7, 11) is 1.64. The Morgan fingerprint density at radius 2 is 1.77 bits per heavy atom. The SMILES string of the molecule is COc1cc(/C=C/C(=O)Nc2ccccc2)ccc1OCCCCCCN1CCCC1. The Morgan fingerprint density at radius 1 is 1.00 bits per heavy atom. The zero-order valence-corrected chi connectivity index (χ0v) is 18.5. The van der Waals surface area contributed by atoms with Crippen LogP contribution in [-0.2, 0) is 4.79 Å². The molecule has 3 rings (SSSR count). The van der Waals surface area contributed by atoms with Crippen LogP contribution in [0.2, 0.25) is 0 Å². The molecule has 0 aromatic heterocycles. The van der Waals surface area contributed by atoms with Gasteiger partial charge in [-0.15, -0.1) is 0 Å². The maximum atomic E-state index is 12.1. The number of carbonyl (C=O) groups is 1. The molecule has 0 saturated carbocycles. The number of amides is 1. The number of unbranched alkanes of at least 4 members (excludes halogenated alkanes) is 3. The number of likely N-dealkylation sites (tertiary alicyclic amines) is 1. The lowest BCUT2D eigenvalue weighted by molar-refractivity contribution is -0.111. The molecule has 0 radical (unpaired) electrons. The van der Waals surface area contributed by atoms with Crippen LogP contribution in [0.4, 0.5) is 5.69 Å². The first-order chi connectivity index (χ1) is 15.2. The van der Waals surface area contributed by atoms with Crippen molar-refractivity contribution < 1.29 is 14.3 Å². The molecule has 166 valence electrons. The maximum Gasteiger partial charge on any atom is 0.248 e. The second-order valence-corrected chi connectivity index (χ2v) is 7.91. The predicted molar refractivity (Wildman–Crippen MR) is 127 cm³/mol. The fourth-order valence-electron chi connectivity index (χ4n) is 3.76. The summed E-state index contributed by atoms with van der Waals surface area (Å²) in [6.45, 7) is 4.50. The summed E-state index contributed by atoms with van der Waals surface area (Å²) in [5.74, 6) is 1.25. The van der Waals surface area contributed by atoms with Crippen molar-refractivity contribution >= 4 is 17.7 Å².